The van der Waals surface area contributed by atoms with Crippen molar-refractivity contribution in [1.82, 2.24) is 4.90 Å². The number of ether oxygens (including phenoxy) is 2. The number of piperidine rings is 1. The van der Waals surface area contributed by atoms with Gasteiger partial charge < -0.3 is 14.4 Å². The largest absolute Gasteiger partial charge is 0.493 e. The van der Waals surface area contributed by atoms with Crippen LogP contribution in [0.5, 0.6) is 11.5 Å². The highest BCUT2D eigenvalue weighted by Gasteiger charge is 2.55. The fourth-order valence-electron chi connectivity index (χ4n) is 3.28. The third kappa shape index (κ3) is 2.98. The third-order valence-corrected chi connectivity index (χ3v) is 4.53. The first-order valence-corrected chi connectivity index (χ1v) is 7.94. The Kier molecular flexibility index (Phi) is 4.16. The molecule has 2 aliphatic rings. The molecule has 0 bridgehead atoms. The molecule has 0 radical (unpaired) electrons. The Labute approximate surface area is 137 Å². The highest BCUT2D eigenvalue weighted by atomic mass is 16.5. The van der Waals surface area contributed by atoms with E-state index in [0.717, 1.165) is 41.2 Å². The van der Waals surface area contributed by atoms with E-state index >= 15 is 0 Å². The summed E-state index contributed by atoms with van der Waals surface area (Å²) in [5.74, 6) is 2.34. The number of rotatable bonds is 6. The molecule has 1 aromatic rings. The van der Waals surface area contributed by atoms with Crippen molar-refractivity contribution in [2.75, 3.05) is 20.8 Å². The molecule has 2 unspecified atom stereocenters. The van der Waals surface area contributed by atoms with Crippen LogP contribution in [-0.4, -0.2) is 31.6 Å². The fraction of sp³-hybridized carbons (Fsp3) is 0.421. The fourth-order valence-corrected chi connectivity index (χ4v) is 3.28. The smallest absolute Gasteiger partial charge is 0.230 e. The van der Waals surface area contributed by atoms with Crippen LogP contribution < -0.4 is 9.47 Å². The van der Waals surface area contributed by atoms with Crippen molar-refractivity contribution in [2.45, 2.75) is 19.8 Å². The van der Waals surface area contributed by atoms with Crippen molar-refractivity contribution in [3.63, 3.8) is 0 Å². The molecule has 0 spiro atoms. The predicted molar refractivity (Wildman–Crippen MR) is 89.5 cm³/mol. The number of hydrogen-bond acceptors (Lipinski definition) is 3. The summed E-state index contributed by atoms with van der Waals surface area (Å²) >= 11 is 0. The van der Waals surface area contributed by atoms with Crippen molar-refractivity contribution in [3.05, 3.63) is 47.7 Å². The Bertz CT molecular complexity index is 677. The van der Waals surface area contributed by atoms with E-state index in [1.54, 1.807) is 14.2 Å². The monoisotopic (exact) mass is 313 g/mol. The maximum absolute atomic E-state index is 12.4. The second-order valence-electron chi connectivity index (χ2n) is 6.29. The molecule has 122 valence electrons. The van der Waals surface area contributed by atoms with E-state index in [-0.39, 0.29) is 11.8 Å². The molecular weight excluding hydrogens is 290 g/mol. The summed E-state index contributed by atoms with van der Waals surface area (Å²) < 4.78 is 10.6. The molecule has 1 aliphatic carbocycles. The van der Waals surface area contributed by atoms with Gasteiger partial charge in [0.05, 0.1) is 14.2 Å². The minimum absolute atomic E-state index is 0.214. The lowest BCUT2D eigenvalue weighted by molar-refractivity contribution is -0.128. The number of amides is 1. The molecule has 0 aromatic heterocycles. The maximum Gasteiger partial charge on any atom is 0.230 e. The molecule has 4 nitrogen and oxygen atoms in total. The van der Waals surface area contributed by atoms with Gasteiger partial charge in [0.15, 0.2) is 11.5 Å². The zero-order valence-corrected chi connectivity index (χ0v) is 14.0. The van der Waals surface area contributed by atoms with Crippen LogP contribution in [0, 0.1) is 11.8 Å². The number of fused-ring (bicyclic) bond motifs is 1. The van der Waals surface area contributed by atoms with E-state index < -0.39 is 0 Å². The molecule has 1 saturated heterocycles. The molecule has 1 amide bonds. The average molecular weight is 313 g/mol. The van der Waals surface area contributed by atoms with Gasteiger partial charge in [0.1, 0.15) is 0 Å². The molecule has 0 N–H and O–H groups in total. The summed E-state index contributed by atoms with van der Waals surface area (Å²) in [6.45, 7) is 6.61. The van der Waals surface area contributed by atoms with Gasteiger partial charge in [-0.3, -0.25) is 4.79 Å². The first-order chi connectivity index (χ1) is 11.0. The van der Waals surface area contributed by atoms with Crippen LogP contribution in [0.25, 0.3) is 0 Å². The predicted octanol–water partition coefficient (Wildman–Crippen LogP) is 3.18. The molecule has 23 heavy (non-hydrogen) atoms. The topological polar surface area (TPSA) is 38.8 Å². The molecule has 4 heteroatoms. The third-order valence-electron chi connectivity index (χ3n) is 4.53. The minimum atomic E-state index is 0.214. The molecule has 3 rings (SSSR count). The normalized spacial score (nSPS) is 23.9. The first-order valence-electron chi connectivity index (χ1n) is 7.94. The van der Waals surface area contributed by atoms with E-state index in [1.807, 2.05) is 30.0 Å². The van der Waals surface area contributed by atoms with E-state index in [9.17, 15) is 4.79 Å². The second-order valence-corrected chi connectivity index (χ2v) is 6.29. The van der Waals surface area contributed by atoms with Gasteiger partial charge in [-0.2, -0.15) is 0 Å². The molecule has 1 saturated carbocycles. The van der Waals surface area contributed by atoms with Crippen molar-refractivity contribution in [1.29, 1.82) is 0 Å². The standard InChI is InChI=1S/C19H23NO3/c1-12(2)9-16-14-11-15(14)19(21)20(16)8-7-13-5-6-17(22-3)18(10-13)23-4/h5-6,9-10,14-15H,1,7-8,11H2,2-4H3/b16-9+. The highest BCUT2D eigenvalue weighted by Crippen LogP contribution is 2.53. The highest BCUT2D eigenvalue weighted by molar-refractivity contribution is 5.88. The number of hydrogen-bond donors (Lipinski definition) is 0. The molecule has 1 aromatic carbocycles. The lowest BCUT2D eigenvalue weighted by Crippen LogP contribution is -2.29. The Hall–Kier alpha value is -2.23. The van der Waals surface area contributed by atoms with Crippen molar-refractivity contribution in [3.8, 4) is 11.5 Å². The van der Waals surface area contributed by atoms with Gasteiger partial charge in [0.25, 0.3) is 0 Å². The van der Waals surface area contributed by atoms with Gasteiger partial charge in [0, 0.05) is 24.1 Å². The maximum atomic E-state index is 12.4. The molecule has 1 aliphatic heterocycles. The van der Waals surface area contributed by atoms with Crippen LogP contribution in [0.3, 0.4) is 0 Å². The zero-order valence-electron chi connectivity index (χ0n) is 14.0. The van der Waals surface area contributed by atoms with Crippen LogP contribution in [-0.2, 0) is 11.2 Å². The van der Waals surface area contributed by atoms with Crippen LogP contribution in [0.2, 0.25) is 0 Å². The lowest BCUT2D eigenvalue weighted by atomic mass is 10.1. The van der Waals surface area contributed by atoms with Gasteiger partial charge in [-0.05, 0) is 43.5 Å². The Balaban J connectivity index is 1.72. The number of likely N-dealkylation sites (tertiary alicyclic amines) is 1. The van der Waals surface area contributed by atoms with Crippen LogP contribution in [0.1, 0.15) is 18.9 Å². The summed E-state index contributed by atoms with van der Waals surface area (Å²) in [6, 6.07) is 5.90. The Morgan fingerprint density at radius 2 is 2.04 bits per heavy atom. The van der Waals surface area contributed by atoms with E-state index in [4.69, 9.17) is 9.47 Å². The van der Waals surface area contributed by atoms with Gasteiger partial charge in [-0.25, -0.2) is 0 Å². The van der Waals surface area contributed by atoms with Crippen molar-refractivity contribution >= 4 is 5.91 Å². The summed E-state index contributed by atoms with van der Waals surface area (Å²) in [4.78, 5) is 14.3. The van der Waals surface area contributed by atoms with E-state index in [0.29, 0.717) is 12.5 Å². The second kappa shape index (κ2) is 6.11. The van der Waals surface area contributed by atoms with E-state index in [1.165, 1.54) is 0 Å². The molecular formula is C19H23NO3. The van der Waals surface area contributed by atoms with Crippen molar-refractivity contribution in [2.24, 2.45) is 11.8 Å². The lowest BCUT2D eigenvalue weighted by Gasteiger charge is -2.21. The van der Waals surface area contributed by atoms with Gasteiger partial charge in [0.2, 0.25) is 5.91 Å². The van der Waals surface area contributed by atoms with Crippen LogP contribution in [0.4, 0.5) is 0 Å². The summed E-state index contributed by atoms with van der Waals surface area (Å²) in [6.07, 6.45) is 3.86. The Morgan fingerprint density at radius 1 is 1.30 bits per heavy atom. The number of nitrogens with zero attached hydrogens (tertiary/aromatic N) is 1. The number of methoxy groups -OCH3 is 2. The summed E-state index contributed by atoms with van der Waals surface area (Å²) in [7, 11) is 3.26. The molecule has 1 heterocycles. The number of carbonyl (C=O) groups excluding carboxylic acids is 1. The zero-order chi connectivity index (χ0) is 16.6. The van der Waals surface area contributed by atoms with Crippen LogP contribution in [0.15, 0.2) is 42.1 Å². The SMILES string of the molecule is C=C(C)/C=C1\C2CC2C(=O)N1CCc1ccc(OC)c(OC)c1. The number of allylic oxidation sites excluding steroid dienone is 3. The summed E-state index contributed by atoms with van der Waals surface area (Å²) in [5, 5.41) is 0. The summed E-state index contributed by atoms with van der Waals surface area (Å²) in [5.41, 5.74) is 3.27. The van der Waals surface area contributed by atoms with Crippen molar-refractivity contribution < 1.29 is 14.3 Å². The van der Waals surface area contributed by atoms with Gasteiger partial charge in [-0.15, -0.1) is 0 Å². The average Bonchev–Trinajstić information content (AvgIpc) is 3.28. The number of benzene rings is 1. The number of carbonyl (C=O) groups is 1. The van der Waals surface area contributed by atoms with Gasteiger partial charge >= 0.3 is 0 Å². The van der Waals surface area contributed by atoms with Crippen LogP contribution >= 0.6 is 0 Å². The quantitative estimate of drug-likeness (QED) is 0.809. The Morgan fingerprint density at radius 3 is 2.70 bits per heavy atom. The first kappa shape index (κ1) is 15.7. The minimum Gasteiger partial charge on any atom is -0.493 e. The van der Waals surface area contributed by atoms with Gasteiger partial charge in [-0.1, -0.05) is 18.2 Å². The molecule has 2 fully saturated rings. The molecule has 2 atom stereocenters. The van der Waals surface area contributed by atoms with E-state index in [2.05, 4.69) is 12.7 Å².